The van der Waals surface area contributed by atoms with Crippen LogP contribution in [-0.4, -0.2) is 59.6 Å². The highest BCUT2D eigenvalue weighted by Gasteiger charge is 2.48. The molecule has 3 aromatic carbocycles. The Morgan fingerprint density at radius 1 is 0.816 bits per heavy atom. The molecule has 0 bridgehead atoms. The van der Waals surface area contributed by atoms with Crippen LogP contribution in [0.25, 0.3) is 11.1 Å². The number of benzene rings is 3. The number of amides is 2. The van der Waals surface area contributed by atoms with Gasteiger partial charge in [0.2, 0.25) is 0 Å². The van der Waals surface area contributed by atoms with E-state index in [1.54, 1.807) is 0 Å². The largest absolute Gasteiger partial charge is 0.480 e. The monoisotopic (exact) mass is 523 g/mol. The first-order valence-electron chi connectivity index (χ1n) is 12.7. The Balaban J connectivity index is 1.15. The van der Waals surface area contributed by atoms with Crippen LogP contribution in [0.1, 0.15) is 30.4 Å². The van der Waals surface area contributed by atoms with Gasteiger partial charge in [-0.15, -0.1) is 0 Å². The molecule has 0 aromatic heterocycles. The molecule has 1 aliphatic carbocycles. The molecule has 0 saturated carbocycles. The Kier molecular flexibility index (Phi) is 7.12. The van der Waals surface area contributed by atoms with Crippen molar-refractivity contribution < 1.29 is 27.9 Å². The molecular weight excluding hydrogens is 495 g/mol. The molecule has 38 heavy (non-hydrogen) atoms. The fourth-order valence-electron chi connectivity index (χ4n) is 5.65. The summed E-state index contributed by atoms with van der Waals surface area (Å²) >= 11 is 0. The van der Waals surface area contributed by atoms with E-state index in [0.29, 0.717) is 39.0 Å². The number of carboxylic acids is 1. The Hall–Kier alpha value is -3.85. The van der Waals surface area contributed by atoms with Crippen LogP contribution < -0.4 is 5.32 Å². The van der Waals surface area contributed by atoms with Crippen molar-refractivity contribution in [3.63, 3.8) is 0 Å². The zero-order valence-corrected chi connectivity index (χ0v) is 20.7. The van der Waals surface area contributed by atoms with Crippen LogP contribution in [0.2, 0.25) is 0 Å². The lowest BCUT2D eigenvalue weighted by atomic mass is 9.74. The quantitative estimate of drug-likeness (QED) is 0.318. The molecule has 5 rings (SSSR count). The minimum absolute atomic E-state index is 0.400. The van der Waals surface area contributed by atoms with Crippen molar-refractivity contribution in [1.29, 1.82) is 0 Å². The molecule has 1 saturated heterocycles. The van der Waals surface area contributed by atoms with Gasteiger partial charge in [-0.05, 0) is 53.8 Å². The molecule has 1 fully saturated rings. The second-order valence-corrected chi connectivity index (χ2v) is 9.74. The van der Waals surface area contributed by atoms with Gasteiger partial charge in [0, 0.05) is 26.2 Å². The molecule has 9 heteroatoms. The van der Waals surface area contributed by atoms with E-state index in [0.717, 1.165) is 47.4 Å². The van der Waals surface area contributed by atoms with Crippen molar-refractivity contribution in [2.75, 3.05) is 38.0 Å². The summed E-state index contributed by atoms with van der Waals surface area (Å²) in [7, 11) is 0. The standard InChI is InChI=1S/C29H28F3N3O3/c30-23-11-12-24(26(32)25(23)31)33-28(38)35-17-15-34(16-18-35)14-6-5-13-29(27(36)37)21-9-3-1-7-19(21)20-8-2-4-10-22(20)29/h1-4,7-12H,5-6,13-18H2,(H,33,38)(H,36,37). The number of carbonyl (C=O) groups is 2. The van der Waals surface area contributed by atoms with E-state index in [4.69, 9.17) is 0 Å². The lowest BCUT2D eigenvalue weighted by molar-refractivity contribution is -0.142. The molecule has 0 atom stereocenters. The van der Waals surface area contributed by atoms with Crippen LogP contribution in [0.3, 0.4) is 0 Å². The fraction of sp³-hybridized carbons (Fsp3) is 0.310. The molecule has 6 nitrogen and oxygen atoms in total. The fourth-order valence-corrected chi connectivity index (χ4v) is 5.65. The Morgan fingerprint density at radius 2 is 1.42 bits per heavy atom. The summed E-state index contributed by atoms with van der Waals surface area (Å²) in [6.07, 6.45) is 2.00. The summed E-state index contributed by atoms with van der Waals surface area (Å²) in [5.41, 5.74) is 2.15. The second-order valence-electron chi connectivity index (χ2n) is 9.74. The van der Waals surface area contributed by atoms with Crippen LogP contribution in [0.4, 0.5) is 23.7 Å². The predicted molar refractivity (Wildman–Crippen MR) is 137 cm³/mol. The molecular formula is C29H28F3N3O3. The third-order valence-electron chi connectivity index (χ3n) is 7.64. The highest BCUT2D eigenvalue weighted by Crippen LogP contribution is 2.51. The normalized spacial score (nSPS) is 16.1. The molecule has 2 aliphatic rings. The predicted octanol–water partition coefficient (Wildman–Crippen LogP) is 5.48. The minimum Gasteiger partial charge on any atom is -0.480 e. The van der Waals surface area contributed by atoms with Crippen molar-refractivity contribution in [1.82, 2.24) is 9.80 Å². The average molecular weight is 524 g/mol. The first kappa shape index (κ1) is 25.8. The summed E-state index contributed by atoms with van der Waals surface area (Å²) in [5, 5.41) is 12.7. The SMILES string of the molecule is O=C(Nc1ccc(F)c(F)c1F)N1CCN(CCCCC2(C(=O)O)c3ccccc3-c3ccccc32)CC1. The Labute approximate surface area is 218 Å². The van der Waals surface area contributed by atoms with Gasteiger partial charge in [0.05, 0.1) is 5.69 Å². The van der Waals surface area contributed by atoms with E-state index in [2.05, 4.69) is 10.2 Å². The topological polar surface area (TPSA) is 72.9 Å². The molecule has 1 aliphatic heterocycles. The van der Waals surface area contributed by atoms with Crippen LogP contribution >= 0.6 is 0 Å². The number of carbonyl (C=O) groups excluding carboxylic acids is 1. The molecule has 1 heterocycles. The summed E-state index contributed by atoms with van der Waals surface area (Å²) in [5.74, 6) is -5.21. The second kappa shape index (κ2) is 10.5. The lowest BCUT2D eigenvalue weighted by Crippen LogP contribution is -2.50. The van der Waals surface area contributed by atoms with Crippen molar-refractivity contribution in [2.45, 2.75) is 24.7 Å². The van der Waals surface area contributed by atoms with Gasteiger partial charge < -0.3 is 15.3 Å². The number of anilines is 1. The smallest absolute Gasteiger partial charge is 0.322 e. The maximum Gasteiger partial charge on any atom is 0.322 e. The van der Waals surface area contributed by atoms with Crippen molar-refractivity contribution in [3.8, 4) is 11.1 Å². The number of nitrogens with zero attached hydrogens (tertiary/aromatic N) is 2. The lowest BCUT2D eigenvalue weighted by Gasteiger charge is -2.35. The van der Waals surface area contributed by atoms with E-state index in [-0.39, 0.29) is 0 Å². The van der Waals surface area contributed by atoms with Gasteiger partial charge in [-0.25, -0.2) is 18.0 Å². The maximum atomic E-state index is 13.9. The molecule has 2 amide bonds. The maximum absolute atomic E-state index is 13.9. The third kappa shape index (κ3) is 4.51. The zero-order valence-electron chi connectivity index (χ0n) is 20.7. The van der Waals surface area contributed by atoms with Gasteiger partial charge in [-0.2, -0.15) is 0 Å². The zero-order chi connectivity index (χ0) is 26.9. The number of carboxylic acid groups (broad SMARTS) is 1. The van der Waals surface area contributed by atoms with Gasteiger partial charge in [0.15, 0.2) is 17.5 Å². The highest BCUT2D eigenvalue weighted by molar-refractivity contribution is 5.97. The molecule has 2 N–H and O–H groups in total. The van der Waals surface area contributed by atoms with Crippen LogP contribution in [0.5, 0.6) is 0 Å². The van der Waals surface area contributed by atoms with Gasteiger partial charge >= 0.3 is 12.0 Å². The van der Waals surface area contributed by atoms with Crippen molar-refractivity contribution >= 4 is 17.7 Å². The summed E-state index contributed by atoms with van der Waals surface area (Å²) in [6.45, 7) is 2.76. The van der Waals surface area contributed by atoms with Crippen LogP contribution in [0.15, 0.2) is 60.7 Å². The first-order chi connectivity index (χ1) is 18.3. The molecule has 0 radical (unpaired) electrons. The number of piperazine rings is 1. The van der Waals surface area contributed by atoms with E-state index >= 15 is 0 Å². The average Bonchev–Trinajstić information content (AvgIpc) is 3.22. The molecule has 0 unspecified atom stereocenters. The molecule has 3 aromatic rings. The molecule has 0 spiro atoms. The number of hydrogen-bond acceptors (Lipinski definition) is 3. The number of unbranched alkanes of at least 4 members (excludes halogenated alkanes) is 1. The first-order valence-corrected chi connectivity index (χ1v) is 12.7. The van der Waals surface area contributed by atoms with Gasteiger partial charge in [-0.1, -0.05) is 55.0 Å². The van der Waals surface area contributed by atoms with E-state index in [1.165, 1.54) is 4.90 Å². The third-order valence-corrected chi connectivity index (χ3v) is 7.64. The van der Waals surface area contributed by atoms with E-state index in [9.17, 15) is 27.9 Å². The Bertz CT molecular complexity index is 1330. The number of rotatable bonds is 7. The van der Waals surface area contributed by atoms with Gasteiger partial charge in [0.25, 0.3) is 0 Å². The number of aliphatic carboxylic acids is 1. The van der Waals surface area contributed by atoms with Crippen LogP contribution in [0, 0.1) is 17.5 Å². The van der Waals surface area contributed by atoms with Gasteiger partial charge in [0.1, 0.15) is 5.41 Å². The number of halogens is 3. The molecule has 198 valence electrons. The summed E-state index contributed by atoms with van der Waals surface area (Å²) in [6, 6.07) is 16.6. The number of nitrogens with one attached hydrogen (secondary N) is 1. The number of urea groups is 1. The number of fused-ring (bicyclic) bond motifs is 3. The van der Waals surface area contributed by atoms with Crippen LogP contribution in [-0.2, 0) is 10.2 Å². The van der Waals surface area contributed by atoms with Crippen molar-refractivity contribution in [3.05, 3.63) is 89.2 Å². The van der Waals surface area contributed by atoms with E-state index < -0.39 is 40.6 Å². The summed E-state index contributed by atoms with van der Waals surface area (Å²) < 4.78 is 40.5. The van der Waals surface area contributed by atoms with E-state index in [1.807, 2.05) is 48.5 Å². The highest BCUT2D eigenvalue weighted by atomic mass is 19.2. The Morgan fingerprint density at radius 3 is 2.03 bits per heavy atom. The minimum atomic E-state index is -1.62. The van der Waals surface area contributed by atoms with Crippen molar-refractivity contribution in [2.24, 2.45) is 0 Å². The number of hydrogen-bond donors (Lipinski definition) is 2. The summed E-state index contributed by atoms with van der Waals surface area (Å²) in [4.78, 5) is 28.9. The van der Waals surface area contributed by atoms with Gasteiger partial charge in [-0.3, -0.25) is 9.69 Å².